The van der Waals surface area contributed by atoms with Crippen LogP contribution in [0.5, 0.6) is 0 Å². The molecule has 8 nitrogen and oxygen atoms in total. The molecule has 0 amide bonds. The van der Waals surface area contributed by atoms with Gasteiger partial charge in [0.25, 0.3) is 11.2 Å². The molecule has 9 heteroatoms. The zero-order chi connectivity index (χ0) is 18.0. The number of aromatic nitrogens is 2. The molecule has 3 aromatic rings. The van der Waals surface area contributed by atoms with E-state index >= 15 is 0 Å². The van der Waals surface area contributed by atoms with Gasteiger partial charge in [0.05, 0.1) is 22.0 Å². The largest absolute Gasteiger partial charge is 0.299 e. The summed E-state index contributed by atoms with van der Waals surface area (Å²) in [7, 11) is 0. The van der Waals surface area contributed by atoms with Gasteiger partial charge in [0.2, 0.25) is 0 Å². The van der Waals surface area contributed by atoms with Crippen LogP contribution in [0.4, 0.5) is 17.1 Å². The van der Waals surface area contributed by atoms with Crippen LogP contribution in [0.1, 0.15) is 5.69 Å². The van der Waals surface area contributed by atoms with E-state index in [0.717, 1.165) is 0 Å². The number of H-pyrrole nitrogens is 1. The van der Waals surface area contributed by atoms with E-state index in [2.05, 4.69) is 15.3 Å². The molecule has 0 bridgehead atoms. The number of nitrogens with one attached hydrogen (secondary N) is 1. The molecule has 25 heavy (non-hydrogen) atoms. The number of hydrogen-bond donors (Lipinski definition) is 1. The lowest BCUT2D eigenvalue weighted by Gasteiger charge is -2.00. The molecule has 0 unspecified atom stereocenters. The number of nitro groups is 1. The first kappa shape index (κ1) is 16.6. The molecule has 0 aliphatic rings. The van der Waals surface area contributed by atoms with Gasteiger partial charge in [-0.25, -0.2) is 4.68 Å². The standard InChI is InChI=1S/C16H12ClN5O3/c1-10-15(19-18-12-4-8-14(9-5-12)22(24)25)16(23)21(20-10)13-6-2-11(17)3-7-13/h2-9,20H,1H3. The van der Waals surface area contributed by atoms with Gasteiger partial charge in [-0.3, -0.25) is 20.0 Å². The summed E-state index contributed by atoms with van der Waals surface area (Å²) in [6.07, 6.45) is 0. The molecule has 0 saturated heterocycles. The van der Waals surface area contributed by atoms with Gasteiger partial charge in [-0.05, 0) is 43.3 Å². The lowest BCUT2D eigenvalue weighted by molar-refractivity contribution is -0.384. The molecule has 0 saturated carbocycles. The molecule has 0 aliphatic heterocycles. The van der Waals surface area contributed by atoms with Gasteiger partial charge in [0, 0.05) is 17.2 Å². The van der Waals surface area contributed by atoms with Gasteiger partial charge in [-0.2, -0.15) is 5.11 Å². The minimum atomic E-state index is -0.498. The van der Waals surface area contributed by atoms with Crippen LogP contribution in [-0.2, 0) is 0 Å². The third-order valence-corrected chi connectivity index (χ3v) is 3.70. The van der Waals surface area contributed by atoms with Crippen LogP contribution >= 0.6 is 11.6 Å². The molecule has 3 rings (SSSR count). The summed E-state index contributed by atoms with van der Waals surface area (Å²) in [4.78, 5) is 22.6. The van der Waals surface area contributed by atoms with Crippen molar-refractivity contribution in [1.82, 2.24) is 9.78 Å². The fraction of sp³-hybridized carbons (Fsp3) is 0.0625. The van der Waals surface area contributed by atoms with E-state index in [-0.39, 0.29) is 16.9 Å². The first-order valence-corrected chi connectivity index (χ1v) is 7.57. The molecule has 0 fully saturated rings. The average Bonchev–Trinajstić information content (AvgIpc) is 2.88. The molecular formula is C16H12ClN5O3. The van der Waals surface area contributed by atoms with Crippen LogP contribution < -0.4 is 5.56 Å². The molecule has 1 heterocycles. The number of hydrogen-bond acceptors (Lipinski definition) is 5. The molecule has 0 atom stereocenters. The lowest BCUT2D eigenvalue weighted by Crippen LogP contribution is -2.13. The van der Waals surface area contributed by atoms with Crippen molar-refractivity contribution in [3.63, 3.8) is 0 Å². The molecule has 2 aromatic carbocycles. The Balaban J connectivity index is 1.91. The summed E-state index contributed by atoms with van der Waals surface area (Å²) in [5.74, 6) is 0. The van der Waals surface area contributed by atoms with Gasteiger partial charge >= 0.3 is 0 Å². The van der Waals surface area contributed by atoms with E-state index in [9.17, 15) is 14.9 Å². The first-order chi connectivity index (χ1) is 12.0. The number of halogens is 1. The second kappa shape index (κ2) is 6.70. The molecule has 1 N–H and O–H groups in total. The number of azo groups is 1. The van der Waals surface area contributed by atoms with Crippen molar-refractivity contribution in [1.29, 1.82) is 0 Å². The van der Waals surface area contributed by atoms with Crippen LogP contribution in [0.2, 0.25) is 5.02 Å². The lowest BCUT2D eigenvalue weighted by atomic mass is 10.3. The van der Waals surface area contributed by atoms with Crippen LogP contribution in [-0.4, -0.2) is 14.7 Å². The number of aryl methyl sites for hydroxylation is 1. The van der Waals surface area contributed by atoms with Crippen LogP contribution in [0.15, 0.2) is 63.6 Å². The summed E-state index contributed by atoms with van der Waals surface area (Å²) in [6, 6.07) is 12.3. The van der Waals surface area contributed by atoms with E-state index in [1.165, 1.54) is 28.9 Å². The second-order valence-electron chi connectivity index (χ2n) is 5.18. The molecule has 1 aromatic heterocycles. The highest BCUT2D eigenvalue weighted by Crippen LogP contribution is 2.21. The van der Waals surface area contributed by atoms with Crippen molar-refractivity contribution in [3.8, 4) is 5.69 Å². The van der Waals surface area contributed by atoms with E-state index < -0.39 is 4.92 Å². The molecule has 0 spiro atoms. The molecule has 126 valence electrons. The third-order valence-electron chi connectivity index (χ3n) is 3.45. The Morgan fingerprint density at radius 1 is 1.08 bits per heavy atom. The Bertz CT molecular complexity index is 1000. The van der Waals surface area contributed by atoms with E-state index in [1.54, 1.807) is 31.2 Å². The number of nitro benzene ring substituents is 1. The topological polar surface area (TPSA) is 106 Å². The van der Waals surface area contributed by atoms with Gasteiger partial charge in [-0.15, -0.1) is 5.11 Å². The highest BCUT2D eigenvalue weighted by molar-refractivity contribution is 6.30. The van der Waals surface area contributed by atoms with Crippen molar-refractivity contribution in [2.45, 2.75) is 6.92 Å². The number of aromatic amines is 1. The summed E-state index contributed by atoms with van der Waals surface area (Å²) in [5, 5.41) is 22.1. The van der Waals surface area contributed by atoms with E-state index in [1.807, 2.05) is 0 Å². The van der Waals surface area contributed by atoms with Crippen LogP contribution in [0.3, 0.4) is 0 Å². The van der Waals surface area contributed by atoms with E-state index in [0.29, 0.717) is 22.1 Å². The van der Waals surface area contributed by atoms with E-state index in [4.69, 9.17) is 11.6 Å². The average molecular weight is 358 g/mol. The normalized spacial score (nSPS) is 11.1. The van der Waals surface area contributed by atoms with Crippen LogP contribution in [0.25, 0.3) is 5.69 Å². The minimum Gasteiger partial charge on any atom is -0.293 e. The Kier molecular flexibility index (Phi) is 4.44. The number of non-ortho nitro benzene ring substituents is 1. The van der Waals surface area contributed by atoms with Crippen LogP contribution in [0, 0.1) is 17.0 Å². The van der Waals surface area contributed by atoms with Gasteiger partial charge in [0.15, 0.2) is 5.69 Å². The van der Waals surface area contributed by atoms with Gasteiger partial charge in [-0.1, -0.05) is 11.6 Å². The minimum absolute atomic E-state index is 0.0399. The summed E-state index contributed by atoms with van der Waals surface area (Å²) < 4.78 is 1.34. The first-order valence-electron chi connectivity index (χ1n) is 7.19. The SMILES string of the molecule is Cc1[nH]n(-c2ccc(Cl)cc2)c(=O)c1N=Nc1ccc([N+](=O)[O-])cc1. The van der Waals surface area contributed by atoms with Crippen molar-refractivity contribution < 1.29 is 4.92 Å². The smallest absolute Gasteiger partial charge is 0.293 e. The predicted octanol–water partition coefficient (Wildman–Crippen LogP) is 4.45. The summed E-state index contributed by atoms with van der Waals surface area (Å²) in [5.41, 5.74) is 1.34. The predicted molar refractivity (Wildman–Crippen MR) is 93.4 cm³/mol. The Morgan fingerprint density at radius 3 is 2.32 bits per heavy atom. The monoisotopic (exact) mass is 357 g/mol. The maximum Gasteiger partial charge on any atom is 0.299 e. The number of nitrogens with zero attached hydrogens (tertiary/aromatic N) is 4. The highest BCUT2D eigenvalue weighted by Gasteiger charge is 2.12. The molecule has 0 aliphatic carbocycles. The molecular weight excluding hydrogens is 346 g/mol. The zero-order valence-corrected chi connectivity index (χ0v) is 13.8. The van der Waals surface area contributed by atoms with Crippen molar-refractivity contribution in [2.24, 2.45) is 10.2 Å². The third kappa shape index (κ3) is 3.48. The number of benzene rings is 2. The summed E-state index contributed by atoms with van der Waals surface area (Å²) >= 11 is 5.85. The van der Waals surface area contributed by atoms with Gasteiger partial charge in [0.1, 0.15) is 0 Å². The maximum absolute atomic E-state index is 12.5. The van der Waals surface area contributed by atoms with Crippen molar-refractivity contribution >= 4 is 28.7 Å². The zero-order valence-electron chi connectivity index (χ0n) is 13.0. The highest BCUT2D eigenvalue weighted by atomic mass is 35.5. The quantitative estimate of drug-likeness (QED) is 0.423. The Labute approximate surface area is 146 Å². The molecule has 0 radical (unpaired) electrons. The maximum atomic E-state index is 12.5. The Morgan fingerprint density at radius 2 is 1.72 bits per heavy atom. The van der Waals surface area contributed by atoms with Gasteiger partial charge < -0.3 is 0 Å². The summed E-state index contributed by atoms with van der Waals surface area (Å²) in [6.45, 7) is 1.71. The fourth-order valence-electron chi connectivity index (χ4n) is 2.18. The number of rotatable bonds is 4. The second-order valence-corrected chi connectivity index (χ2v) is 5.61. The van der Waals surface area contributed by atoms with Crippen molar-refractivity contribution in [3.05, 3.63) is 79.7 Å². The Hall–Kier alpha value is -3.26. The fourth-order valence-corrected chi connectivity index (χ4v) is 2.30. The van der Waals surface area contributed by atoms with Crippen molar-refractivity contribution in [2.75, 3.05) is 0 Å².